The number of amides is 2. The van der Waals surface area contributed by atoms with E-state index in [4.69, 9.17) is 0 Å². The van der Waals surface area contributed by atoms with Crippen molar-refractivity contribution in [1.29, 1.82) is 0 Å². The van der Waals surface area contributed by atoms with Gasteiger partial charge in [-0.1, -0.05) is 6.92 Å². The maximum absolute atomic E-state index is 11.6. The van der Waals surface area contributed by atoms with E-state index in [2.05, 4.69) is 17.2 Å². The Balaban J connectivity index is 2.58. The van der Waals surface area contributed by atoms with E-state index < -0.39 is 0 Å². The smallest absolute Gasteiger partial charge is 0.317 e. The van der Waals surface area contributed by atoms with Crippen molar-refractivity contribution in [3.63, 3.8) is 0 Å². The molecule has 16 heavy (non-hydrogen) atoms. The summed E-state index contributed by atoms with van der Waals surface area (Å²) in [5.41, 5.74) is 0. The molecule has 0 fully saturated rings. The molecule has 2 amide bonds. The van der Waals surface area contributed by atoms with Crippen molar-refractivity contribution in [1.82, 2.24) is 15.2 Å². The molecule has 5 heteroatoms. The van der Waals surface area contributed by atoms with E-state index >= 15 is 0 Å². The van der Waals surface area contributed by atoms with Crippen LogP contribution < -0.4 is 5.32 Å². The summed E-state index contributed by atoms with van der Waals surface area (Å²) in [4.78, 5) is 18.8. The first-order chi connectivity index (χ1) is 7.58. The highest BCUT2D eigenvalue weighted by molar-refractivity contribution is 7.11. The number of urea groups is 1. The Morgan fingerprint density at radius 1 is 1.62 bits per heavy atom. The normalized spacial score (nSPS) is 12.2. The molecular weight excluding hydrogens is 222 g/mol. The van der Waals surface area contributed by atoms with E-state index in [1.807, 2.05) is 20.0 Å². The molecule has 0 bridgehead atoms. The van der Waals surface area contributed by atoms with Crippen molar-refractivity contribution >= 4 is 17.4 Å². The summed E-state index contributed by atoms with van der Waals surface area (Å²) in [6, 6.07) is -0.0740. The first-order valence-corrected chi connectivity index (χ1v) is 6.36. The number of hydrogen-bond donors (Lipinski definition) is 1. The Morgan fingerprint density at radius 2 is 2.31 bits per heavy atom. The van der Waals surface area contributed by atoms with Crippen LogP contribution >= 0.6 is 11.3 Å². The number of carbonyl (C=O) groups is 1. The molecule has 0 aliphatic heterocycles. The molecule has 1 rings (SSSR count). The number of hydrogen-bond acceptors (Lipinski definition) is 3. The van der Waals surface area contributed by atoms with E-state index in [0.717, 1.165) is 11.4 Å². The number of nitrogens with one attached hydrogen (secondary N) is 1. The standard InChI is InChI=1S/C11H19N3OS/c1-5-9-7-12-10(16-9)8(3)13-11(15)14(4)6-2/h7-8H,5-6H2,1-4H3,(H,13,15). The van der Waals surface area contributed by atoms with E-state index in [1.54, 1.807) is 23.3 Å². The van der Waals surface area contributed by atoms with E-state index in [-0.39, 0.29) is 12.1 Å². The van der Waals surface area contributed by atoms with Crippen LogP contribution in [0.4, 0.5) is 4.79 Å². The molecule has 0 aliphatic carbocycles. The molecule has 1 aromatic heterocycles. The van der Waals surface area contributed by atoms with Gasteiger partial charge in [0.05, 0.1) is 6.04 Å². The highest BCUT2D eigenvalue weighted by Gasteiger charge is 2.14. The van der Waals surface area contributed by atoms with Gasteiger partial charge in [-0.2, -0.15) is 0 Å². The average molecular weight is 241 g/mol. The van der Waals surface area contributed by atoms with Crippen LogP contribution in [-0.2, 0) is 6.42 Å². The fourth-order valence-electron chi connectivity index (χ4n) is 1.19. The average Bonchev–Trinajstić information content (AvgIpc) is 2.76. The molecule has 1 aromatic rings. The van der Waals surface area contributed by atoms with Crippen LogP contribution in [0.25, 0.3) is 0 Å². The second kappa shape index (κ2) is 5.84. The third-order valence-corrected chi connectivity index (χ3v) is 3.78. The molecule has 1 atom stereocenters. The molecule has 0 spiro atoms. The van der Waals surface area contributed by atoms with Crippen molar-refractivity contribution in [2.45, 2.75) is 33.2 Å². The maximum atomic E-state index is 11.6. The number of nitrogens with zero attached hydrogens (tertiary/aromatic N) is 2. The third-order valence-electron chi connectivity index (χ3n) is 2.45. The summed E-state index contributed by atoms with van der Waals surface area (Å²) in [6.45, 7) is 6.71. The predicted molar refractivity (Wildman–Crippen MR) is 66.7 cm³/mol. The number of thiazole rings is 1. The van der Waals surface area contributed by atoms with Crippen molar-refractivity contribution in [3.8, 4) is 0 Å². The Hall–Kier alpha value is -1.10. The van der Waals surface area contributed by atoms with Gasteiger partial charge in [0, 0.05) is 24.7 Å². The SMILES string of the molecule is CCc1cnc(C(C)NC(=O)N(C)CC)s1. The zero-order chi connectivity index (χ0) is 12.1. The summed E-state index contributed by atoms with van der Waals surface area (Å²) in [5, 5.41) is 3.89. The van der Waals surface area contributed by atoms with Gasteiger partial charge in [-0.25, -0.2) is 9.78 Å². The number of rotatable bonds is 4. The van der Waals surface area contributed by atoms with Gasteiger partial charge in [-0.3, -0.25) is 0 Å². The van der Waals surface area contributed by atoms with Crippen LogP contribution in [0.2, 0.25) is 0 Å². The van der Waals surface area contributed by atoms with Gasteiger partial charge in [0.25, 0.3) is 0 Å². The van der Waals surface area contributed by atoms with Gasteiger partial charge in [-0.15, -0.1) is 11.3 Å². The van der Waals surface area contributed by atoms with Gasteiger partial charge < -0.3 is 10.2 Å². The van der Waals surface area contributed by atoms with Gasteiger partial charge in [0.1, 0.15) is 5.01 Å². The second-order valence-electron chi connectivity index (χ2n) is 3.70. The van der Waals surface area contributed by atoms with Crippen molar-refractivity contribution in [3.05, 3.63) is 16.1 Å². The first kappa shape index (κ1) is 13.0. The molecule has 0 saturated heterocycles. The molecule has 4 nitrogen and oxygen atoms in total. The number of aryl methyl sites for hydroxylation is 1. The zero-order valence-corrected chi connectivity index (χ0v) is 11.1. The fraction of sp³-hybridized carbons (Fsp3) is 0.636. The van der Waals surface area contributed by atoms with Crippen LogP contribution in [-0.4, -0.2) is 29.5 Å². The molecule has 1 N–H and O–H groups in total. The Morgan fingerprint density at radius 3 is 2.81 bits per heavy atom. The van der Waals surface area contributed by atoms with Gasteiger partial charge >= 0.3 is 6.03 Å². The molecule has 0 saturated carbocycles. The Kier molecular flexibility index (Phi) is 4.73. The van der Waals surface area contributed by atoms with Crippen LogP contribution in [0.3, 0.4) is 0 Å². The summed E-state index contributed by atoms with van der Waals surface area (Å²) < 4.78 is 0. The largest absolute Gasteiger partial charge is 0.329 e. The van der Waals surface area contributed by atoms with Crippen LogP contribution in [0, 0.1) is 0 Å². The minimum Gasteiger partial charge on any atom is -0.329 e. The quantitative estimate of drug-likeness (QED) is 0.880. The number of carbonyl (C=O) groups excluding carboxylic acids is 1. The lowest BCUT2D eigenvalue weighted by Crippen LogP contribution is -2.38. The third kappa shape index (κ3) is 3.20. The summed E-state index contributed by atoms with van der Waals surface area (Å²) in [5.74, 6) is 0. The van der Waals surface area contributed by atoms with Crippen LogP contribution in [0.1, 0.15) is 36.7 Å². The van der Waals surface area contributed by atoms with Gasteiger partial charge in [0.2, 0.25) is 0 Å². The summed E-state index contributed by atoms with van der Waals surface area (Å²) in [7, 11) is 1.78. The molecule has 0 radical (unpaired) electrons. The van der Waals surface area contributed by atoms with Crippen LogP contribution in [0.5, 0.6) is 0 Å². The van der Waals surface area contributed by atoms with E-state index in [0.29, 0.717) is 6.54 Å². The molecule has 1 heterocycles. The number of aromatic nitrogens is 1. The lowest BCUT2D eigenvalue weighted by Gasteiger charge is -2.18. The molecule has 0 aromatic carbocycles. The lowest BCUT2D eigenvalue weighted by atomic mass is 10.3. The molecule has 1 unspecified atom stereocenters. The van der Waals surface area contributed by atoms with Crippen LogP contribution in [0.15, 0.2) is 6.20 Å². The second-order valence-corrected chi connectivity index (χ2v) is 4.85. The lowest BCUT2D eigenvalue weighted by molar-refractivity contribution is 0.207. The summed E-state index contributed by atoms with van der Waals surface area (Å²) in [6.07, 6.45) is 2.87. The minimum absolute atomic E-state index is 0.0215. The van der Waals surface area contributed by atoms with E-state index in [1.165, 1.54) is 4.88 Å². The Labute approximate surface area is 101 Å². The summed E-state index contributed by atoms with van der Waals surface area (Å²) >= 11 is 1.66. The monoisotopic (exact) mass is 241 g/mol. The Bertz CT molecular complexity index is 351. The van der Waals surface area contributed by atoms with Gasteiger partial charge in [0.15, 0.2) is 0 Å². The van der Waals surface area contributed by atoms with Crippen molar-refractivity contribution < 1.29 is 4.79 Å². The van der Waals surface area contributed by atoms with Crippen molar-refractivity contribution in [2.75, 3.05) is 13.6 Å². The highest BCUT2D eigenvalue weighted by Crippen LogP contribution is 2.20. The van der Waals surface area contributed by atoms with Crippen molar-refractivity contribution in [2.24, 2.45) is 0 Å². The molecule has 90 valence electrons. The molecule has 0 aliphatic rings. The minimum atomic E-state index is -0.0525. The molecular formula is C11H19N3OS. The highest BCUT2D eigenvalue weighted by atomic mass is 32.1. The maximum Gasteiger partial charge on any atom is 0.317 e. The fourth-order valence-corrected chi connectivity index (χ4v) is 2.05. The zero-order valence-electron chi connectivity index (χ0n) is 10.3. The first-order valence-electron chi connectivity index (χ1n) is 5.54. The topological polar surface area (TPSA) is 45.2 Å². The van der Waals surface area contributed by atoms with E-state index in [9.17, 15) is 4.79 Å². The van der Waals surface area contributed by atoms with Gasteiger partial charge in [-0.05, 0) is 20.3 Å². The predicted octanol–water partition coefficient (Wildman–Crippen LogP) is 2.43.